The minimum atomic E-state index is -0.127. The molecule has 0 aliphatic carbocycles. The van der Waals surface area contributed by atoms with E-state index in [2.05, 4.69) is 169 Å². The van der Waals surface area contributed by atoms with Crippen LogP contribution in [0.25, 0.3) is 88.5 Å². The van der Waals surface area contributed by atoms with Crippen LogP contribution in [-0.4, -0.2) is 19.1 Å². The lowest BCUT2D eigenvalue weighted by molar-refractivity contribution is 0.630. The summed E-state index contributed by atoms with van der Waals surface area (Å²) in [7, 11) is 0. The maximum absolute atomic E-state index is 5.34. The molecule has 11 rings (SSSR count). The van der Waals surface area contributed by atoms with E-state index in [9.17, 15) is 0 Å². The van der Waals surface area contributed by atoms with Gasteiger partial charge >= 0.3 is 0 Å². The van der Waals surface area contributed by atoms with Gasteiger partial charge in [-0.1, -0.05) is 141 Å². The van der Waals surface area contributed by atoms with E-state index in [0.29, 0.717) is 5.95 Å². The summed E-state index contributed by atoms with van der Waals surface area (Å²) in [6.45, 7) is 4.71. The third-order valence-electron chi connectivity index (χ3n) is 11.1. The molecule has 4 nitrogen and oxygen atoms in total. The molecule has 0 bridgehead atoms. The second kappa shape index (κ2) is 10.3. The number of nitrogens with zero attached hydrogens (tertiary/aromatic N) is 4. The van der Waals surface area contributed by atoms with Crippen LogP contribution in [0.2, 0.25) is 0 Å². The minimum absolute atomic E-state index is 0.127. The van der Waals surface area contributed by atoms with Crippen LogP contribution in [0, 0.1) is 0 Å². The first-order valence-electron chi connectivity index (χ1n) is 17.6. The molecule has 240 valence electrons. The lowest BCUT2D eigenvalue weighted by atomic mass is 9.75. The van der Waals surface area contributed by atoms with Crippen LogP contribution >= 0.6 is 0 Å². The number of fused-ring (bicyclic) bond motifs is 10. The number of benzene rings is 7. The summed E-state index contributed by atoms with van der Waals surface area (Å²) in [5.74, 6) is 0.657. The first-order valence-corrected chi connectivity index (χ1v) is 17.6. The monoisotopic (exact) mass is 652 g/mol. The van der Waals surface area contributed by atoms with Crippen molar-refractivity contribution in [1.82, 2.24) is 19.1 Å². The highest BCUT2D eigenvalue weighted by Gasteiger charge is 2.35. The zero-order valence-electron chi connectivity index (χ0n) is 28.3. The number of rotatable bonds is 3. The van der Waals surface area contributed by atoms with Crippen molar-refractivity contribution in [1.29, 1.82) is 0 Å². The van der Waals surface area contributed by atoms with Crippen molar-refractivity contribution in [3.63, 3.8) is 0 Å². The van der Waals surface area contributed by atoms with Crippen molar-refractivity contribution in [2.75, 3.05) is 0 Å². The van der Waals surface area contributed by atoms with Crippen LogP contribution in [0.5, 0.6) is 0 Å². The van der Waals surface area contributed by atoms with Crippen LogP contribution in [0.4, 0.5) is 0 Å². The summed E-state index contributed by atoms with van der Waals surface area (Å²) in [5.41, 5.74) is 12.4. The molecule has 0 spiro atoms. The Bertz CT molecular complexity index is 2980. The molecule has 0 radical (unpaired) electrons. The molecule has 0 saturated carbocycles. The van der Waals surface area contributed by atoms with Crippen molar-refractivity contribution in [3.8, 4) is 34.2 Å². The summed E-state index contributed by atoms with van der Waals surface area (Å²) in [5, 5.41) is 7.32. The highest BCUT2D eigenvalue weighted by Crippen LogP contribution is 2.49. The predicted molar refractivity (Wildman–Crippen MR) is 211 cm³/mol. The molecule has 0 atom stereocenters. The maximum atomic E-state index is 5.34. The average Bonchev–Trinajstić information content (AvgIpc) is 3.69. The Kier molecular flexibility index (Phi) is 5.70. The molecule has 10 aromatic rings. The fourth-order valence-electron chi connectivity index (χ4n) is 8.70. The van der Waals surface area contributed by atoms with Crippen molar-refractivity contribution >= 4 is 54.4 Å². The normalized spacial score (nSPS) is 13.5. The zero-order chi connectivity index (χ0) is 33.8. The third kappa shape index (κ3) is 3.90. The topological polar surface area (TPSA) is 35.6 Å². The Morgan fingerprint density at radius 3 is 1.82 bits per heavy atom. The van der Waals surface area contributed by atoms with Crippen LogP contribution in [0.15, 0.2) is 158 Å². The van der Waals surface area contributed by atoms with Gasteiger partial charge in [0.1, 0.15) is 0 Å². The second-order valence-electron chi connectivity index (χ2n) is 14.3. The lowest BCUT2D eigenvalue weighted by Crippen LogP contribution is -2.26. The Labute approximate surface area is 294 Å². The first kappa shape index (κ1) is 28.3. The SMILES string of the molecule is CC1(C)c2ccccc2-n2c3cc4c5c6ccccc6ccc5n(-c5nc(-c6ccccc6)cc(-c6ccccc6)n5)c4cc3c3cccc1c32. The molecule has 7 aromatic carbocycles. The van der Waals surface area contributed by atoms with E-state index in [4.69, 9.17) is 9.97 Å². The van der Waals surface area contributed by atoms with Crippen molar-refractivity contribution in [3.05, 3.63) is 169 Å². The van der Waals surface area contributed by atoms with E-state index in [0.717, 1.165) is 33.5 Å². The van der Waals surface area contributed by atoms with Gasteiger partial charge in [0.2, 0.25) is 5.95 Å². The molecule has 4 heterocycles. The van der Waals surface area contributed by atoms with Crippen LogP contribution < -0.4 is 0 Å². The number of hydrogen-bond donors (Lipinski definition) is 0. The maximum Gasteiger partial charge on any atom is 0.235 e. The second-order valence-corrected chi connectivity index (χ2v) is 14.3. The number of para-hydroxylation sites is 2. The Morgan fingerprint density at radius 2 is 1.06 bits per heavy atom. The molecule has 1 aliphatic heterocycles. The molecule has 0 fully saturated rings. The van der Waals surface area contributed by atoms with Crippen molar-refractivity contribution in [2.45, 2.75) is 19.3 Å². The van der Waals surface area contributed by atoms with E-state index in [1.165, 1.54) is 60.2 Å². The highest BCUT2D eigenvalue weighted by atomic mass is 15.2. The number of aromatic nitrogens is 4. The average molecular weight is 653 g/mol. The standard InChI is InChI=1S/C47H32N4/c1-47(2)36-21-11-12-23-40(36)50-42-27-35-43(26-34(42)33-20-13-22-37(47)45(33)50)51(41-25-24-29-14-9-10-19-32(29)44(35)41)46-48-38(30-15-5-3-6-16-30)28-39(49-46)31-17-7-4-8-18-31/h3-28H,1-2H3. The van der Waals surface area contributed by atoms with Gasteiger partial charge in [-0.15, -0.1) is 0 Å². The predicted octanol–water partition coefficient (Wildman–Crippen LogP) is 11.8. The Morgan fingerprint density at radius 1 is 0.451 bits per heavy atom. The van der Waals surface area contributed by atoms with Crippen LogP contribution in [-0.2, 0) is 5.41 Å². The van der Waals surface area contributed by atoms with E-state index < -0.39 is 0 Å². The summed E-state index contributed by atoms with van der Waals surface area (Å²) in [4.78, 5) is 10.7. The zero-order valence-corrected chi connectivity index (χ0v) is 28.3. The van der Waals surface area contributed by atoms with Gasteiger partial charge in [-0.05, 0) is 52.2 Å². The molecular formula is C47H32N4. The van der Waals surface area contributed by atoms with Crippen LogP contribution in [0.3, 0.4) is 0 Å². The van der Waals surface area contributed by atoms with Gasteiger partial charge < -0.3 is 4.57 Å². The Balaban J connectivity index is 1.32. The molecule has 1 aliphatic rings. The van der Waals surface area contributed by atoms with Crippen molar-refractivity contribution in [2.24, 2.45) is 0 Å². The van der Waals surface area contributed by atoms with Gasteiger partial charge in [0, 0.05) is 38.1 Å². The fraction of sp³-hybridized carbons (Fsp3) is 0.0638. The van der Waals surface area contributed by atoms with Gasteiger partial charge in [0.05, 0.1) is 39.1 Å². The molecule has 4 heteroatoms. The van der Waals surface area contributed by atoms with Gasteiger partial charge in [-0.2, -0.15) is 0 Å². The summed E-state index contributed by atoms with van der Waals surface area (Å²) in [6, 6.07) is 56.7. The van der Waals surface area contributed by atoms with E-state index in [-0.39, 0.29) is 5.41 Å². The van der Waals surface area contributed by atoms with Gasteiger partial charge in [-0.3, -0.25) is 4.57 Å². The number of hydrogen-bond acceptors (Lipinski definition) is 2. The molecular weight excluding hydrogens is 621 g/mol. The largest absolute Gasteiger partial charge is 0.309 e. The summed E-state index contributed by atoms with van der Waals surface area (Å²) in [6.07, 6.45) is 0. The van der Waals surface area contributed by atoms with Gasteiger partial charge in [-0.25, -0.2) is 9.97 Å². The van der Waals surface area contributed by atoms with Crippen molar-refractivity contribution < 1.29 is 0 Å². The molecule has 51 heavy (non-hydrogen) atoms. The van der Waals surface area contributed by atoms with Crippen LogP contribution in [0.1, 0.15) is 25.0 Å². The Hall–Kier alpha value is -6.52. The summed E-state index contributed by atoms with van der Waals surface area (Å²) >= 11 is 0. The fourth-order valence-corrected chi connectivity index (χ4v) is 8.70. The molecule has 0 saturated heterocycles. The van der Waals surface area contributed by atoms with E-state index in [1.807, 2.05) is 12.1 Å². The quantitative estimate of drug-likeness (QED) is 0.190. The molecule has 0 unspecified atom stereocenters. The van der Waals surface area contributed by atoms with Gasteiger partial charge in [0.25, 0.3) is 0 Å². The molecule has 0 amide bonds. The summed E-state index contributed by atoms with van der Waals surface area (Å²) < 4.78 is 4.80. The molecule has 0 N–H and O–H groups in total. The lowest BCUT2D eigenvalue weighted by Gasteiger charge is -2.34. The van der Waals surface area contributed by atoms with E-state index >= 15 is 0 Å². The van der Waals surface area contributed by atoms with Gasteiger partial charge in [0.15, 0.2) is 0 Å². The third-order valence-corrected chi connectivity index (χ3v) is 11.1. The molecule has 3 aromatic heterocycles. The highest BCUT2D eigenvalue weighted by molar-refractivity contribution is 6.25. The van der Waals surface area contributed by atoms with E-state index in [1.54, 1.807) is 0 Å². The smallest absolute Gasteiger partial charge is 0.235 e. The first-order chi connectivity index (χ1) is 25.1. The minimum Gasteiger partial charge on any atom is -0.309 e.